The maximum atomic E-state index is 10.0. The number of benzene rings is 1. The predicted octanol–water partition coefficient (Wildman–Crippen LogP) is 2.24. The Bertz CT molecular complexity index is 631. The minimum absolute atomic E-state index is 0.190. The van der Waals surface area contributed by atoms with Gasteiger partial charge in [-0.1, -0.05) is 30.3 Å². The van der Waals surface area contributed by atoms with Crippen molar-refractivity contribution >= 4 is 11.7 Å². The lowest BCUT2D eigenvalue weighted by Gasteiger charge is -2.30. The number of ether oxygens (including phenoxy) is 1. The lowest BCUT2D eigenvalue weighted by Crippen LogP contribution is -2.31. The van der Waals surface area contributed by atoms with E-state index in [0.717, 1.165) is 37.2 Å². The Hall–Kier alpha value is -1.50. The molecule has 2 aliphatic rings. The third-order valence-corrected chi connectivity index (χ3v) is 5.23. The third-order valence-electron chi connectivity index (χ3n) is 4.70. The zero-order valence-electron chi connectivity index (χ0n) is 12.3. The van der Waals surface area contributed by atoms with Crippen molar-refractivity contribution < 1.29 is 9.84 Å². The first-order valence-corrected chi connectivity index (χ1v) is 8.45. The van der Waals surface area contributed by atoms with E-state index in [-0.39, 0.29) is 12.1 Å². The highest BCUT2D eigenvalue weighted by atomic mass is 32.1. The Morgan fingerprint density at radius 2 is 2.05 bits per heavy atom. The van der Waals surface area contributed by atoms with Gasteiger partial charge < -0.3 is 9.84 Å². The quantitative estimate of drug-likeness (QED) is 0.937. The molecule has 2 saturated heterocycles. The minimum Gasteiger partial charge on any atom is -0.471 e. The van der Waals surface area contributed by atoms with Gasteiger partial charge in [-0.15, -0.1) is 4.37 Å². The van der Waals surface area contributed by atoms with E-state index in [2.05, 4.69) is 13.6 Å². The molecule has 0 saturated carbocycles. The fourth-order valence-electron chi connectivity index (χ4n) is 3.51. The second-order valence-electron chi connectivity index (χ2n) is 6.10. The standard InChI is InChI=1S/C16H19N3O2S/c20-14-9-19-8-12(14)6-7-13(19)15-16(18-22-17-15)21-10-11-4-2-1-3-5-11/h1-5,12-14,20H,6-10H2. The zero-order chi connectivity index (χ0) is 14.9. The van der Waals surface area contributed by atoms with Gasteiger partial charge in [0.1, 0.15) is 12.3 Å². The highest BCUT2D eigenvalue weighted by Crippen LogP contribution is 2.41. The van der Waals surface area contributed by atoms with Crippen LogP contribution in [0.25, 0.3) is 0 Å². The van der Waals surface area contributed by atoms with Crippen molar-refractivity contribution in [2.24, 2.45) is 5.92 Å². The SMILES string of the molecule is OC1CN2CC1CCC2c1nsnc1OCc1ccccc1. The molecule has 0 aliphatic carbocycles. The van der Waals surface area contributed by atoms with E-state index in [0.29, 0.717) is 18.4 Å². The van der Waals surface area contributed by atoms with Crippen LogP contribution in [-0.2, 0) is 6.61 Å². The smallest absolute Gasteiger partial charge is 0.251 e. The monoisotopic (exact) mass is 317 g/mol. The summed E-state index contributed by atoms with van der Waals surface area (Å²) in [6, 6.07) is 10.3. The molecule has 6 heteroatoms. The molecule has 1 N–H and O–H groups in total. The normalized spacial score (nSPS) is 30.4. The molecule has 4 unspecified atom stereocenters. The zero-order valence-corrected chi connectivity index (χ0v) is 13.1. The van der Waals surface area contributed by atoms with E-state index in [1.807, 2.05) is 30.3 Å². The summed E-state index contributed by atoms with van der Waals surface area (Å²) in [4.78, 5) is 2.32. The van der Waals surface area contributed by atoms with Gasteiger partial charge >= 0.3 is 0 Å². The Kier molecular flexibility index (Phi) is 3.82. The molecular formula is C16H19N3O2S. The summed E-state index contributed by atoms with van der Waals surface area (Å²) in [6.07, 6.45) is 1.89. The van der Waals surface area contributed by atoms with E-state index in [9.17, 15) is 5.11 Å². The van der Waals surface area contributed by atoms with Crippen LogP contribution in [0.3, 0.4) is 0 Å². The highest BCUT2D eigenvalue weighted by molar-refractivity contribution is 6.99. The molecule has 4 rings (SSSR count). The molecule has 0 amide bonds. The van der Waals surface area contributed by atoms with Gasteiger partial charge in [-0.3, -0.25) is 4.90 Å². The van der Waals surface area contributed by atoms with E-state index in [1.165, 1.54) is 11.7 Å². The van der Waals surface area contributed by atoms with E-state index in [1.54, 1.807) is 0 Å². The van der Waals surface area contributed by atoms with Gasteiger partial charge in [-0.05, 0) is 24.3 Å². The Labute approximate surface area is 133 Å². The second-order valence-corrected chi connectivity index (χ2v) is 6.63. The molecule has 2 aliphatic heterocycles. The fourth-order valence-corrected chi connectivity index (χ4v) is 4.05. The Morgan fingerprint density at radius 3 is 2.91 bits per heavy atom. The van der Waals surface area contributed by atoms with E-state index < -0.39 is 0 Å². The summed E-state index contributed by atoms with van der Waals surface area (Å²) in [6.45, 7) is 2.21. The van der Waals surface area contributed by atoms with Gasteiger partial charge in [0.2, 0.25) is 0 Å². The highest BCUT2D eigenvalue weighted by Gasteiger charge is 2.42. The average Bonchev–Trinajstić information content (AvgIpc) is 3.12. The van der Waals surface area contributed by atoms with Gasteiger partial charge in [0, 0.05) is 13.1 Å². The maximum Gasteiger partial charge on any atom is 0.251 e. The van der Waals surface area contributed by atoms with Crippen LogP contribution in [0.1, 0.15) is 30.1 Å². The number of fused-ring (bicyclic) bond motifs is 2. The number of nitrogens with zero attached hydrogens (tertiary/aromatic N) is 3. The molecule has 2 bridgehead atoms. The molecule has 4 atom stereocenters. The third kappa shape index (κ3) is 2.62. The van der Waals surface area contributed by atoms with Crippen molar-refractivity contribution in [3.63, 3.8) is 0 Å². The summed E-state index contributed by atoms with van der Waals surface area (Å²) in [5, 5.41) is 10.0. The molecular weight excluding hydrogens is 298 g/mol. The summed E-state index contributed by atoms with van der Waals surface area (Å²) in [5.41, 5.74) is 2.07. The van der Waals surface area contributed by atoms with Crippen molar-refractivity contribution in [3.05, 3.63) is 41.6 Å². The van der Waals surface area contributed by atoms with E-state index in [4.69, 9.17) is 4.74 Å². The largest absolute Gasteiger partial charge is 0.471 e. The number of aliphatic hydroxyl groups is 1. The number of rotatable bonds is 4. The second kappa shape index (κ2) is 5.95. The Morgan fingerprint density at radius 1 is 1.18 bits per heavy atom. The molecule has 0 spiro atoms. The number of hydrogen-bond acceptors (Lipinski definition) is 6. The predicted molar refractivity (Wildman–Crippen MR) is 83.7 cm³/mol. The summed E-state index contributed by atoms with van der Waals surface area (Å²) < 4.78 is 14.7. The van der Waals surface area contributed by atoms with Crippen LogP contribution in [0.4, 0.5) is 0 Å². The average molecular weight is 317 g/mol. The first-order chi connectivity index (χ1) is 10.8. The molecule has 5 nitrogen and oxygen atoms in total. The molecule has 22 heavy (non-hydrogen) atoms. The maximum absolute atomic E-state index is 10.0. The van der Waals surface area contributed by atoms with Crippen molar-refractivity contribution in [3.8, 4) is 5.88 Å². The first kappa shape index (κ1) is 14.1. The molecule has 1 aromatic carbocycles. The van der Waals surface area contributed by atoms with Crippen LogP contribution in [0.15, 0.2) is 30.3 Å². The lowest BCUT2D eigenvalue weighted by molar-refractivity contribution is 0.144. The number of aromatic nitrogens is 2. The summed E-state index contributed by atoms with van der Waals surface area (Å²) in [7, 11) is 0. The van der Waals surface area contributed by atoms with Crippen molar-refractivity contribution in [2.75, 3.05) is 13.1 Å². The van der Waals surface area contributed by atoms with Gasteiger partial charge in [0.05, 0.1) is 23.9 Å². The van der Waals surface area contributed by atoms with Gasteiger partial charge in [-0.2, -0.15) is 4.37 Å². The number of aliphatic hydroxyl groups excluding tert-OH is 1. The topological polar surface area (TPSA) is 58.5 Å². The van der Waals surface area contributed by atoms with Crippen LogP contribution in [0.5, 0.6) is 5.88 Å². The summed E-state index contributed by atoms with van der Waals surface area (Å²) >= 11 is 1.21. The van der Waals surface area contributed by atoms with Crippen LogP contribution in [0, 0.1) is 5.92 Å². The van der Waals surface area contributed by atoms with Crippen molar-refractivity contribution in [1.29, 1.82) is 0 Å². The molecule has 0 radical (unpaired) electrons. The van der Waals surface area contributed by atoms with Crippen molar-refractivity contribution in [1.82, 2.24) is 13.6 Å². The van der Waals surface area contributed by atoms with Gasteiger partial charge in [0.15, 0.2) is 0 Å². The van der Waals surface area contributed by atoms with Crippen LogP contribution < -0.4 is 4.74 Å². The molecule has 116 valence electrons. The number of piperidine rings is 1. The minimum atomic E-state index is -0.190. The van der Waals surface area contributed by atoms with Gasteiger partial charge in [-0.25, -0.2) is 0 Å². The van der Waals surface area contributed by atoms with Crippen molar-refractivity contribution in [2.45, 2.75) is 31.6 Å². The molecule has 2 aromatic rings. The first-order valence-electron chi connectivity index (χ1n) is 7.72. The number of hydrogen-bond donors (Lipinski definition) is 1. The van der Waals surface area contributed by atoms with E-state index >= 15 is 0 Å². The fraction of sp³-hybridized carbons (Fsp3) is 0.500. The summed E-state index contributed by atoms with van der Waals surface area (Å²) in [5.74, 6) is 1.08. The molecule has 2 fully saturated rings. The van der Waals surface area contributed by atoms with Crippen LogP contribution in [0.2, 0.25) is 0 Å². The lowest BCUT2D eigenvalue weighted by atomic mass is 9.93. The molecule has 3 heterocycles. The molecule has 1 aromatic heterocycles. The van der Waals surface area contributed by atoms with Crippen LogP contribution >= 0.6 is 11.7 Å². The van der Waals surface area contributed by atoms with Gasteiger partial charge in [0.25, 0.3) is 5.88 Å². The Balaban J connectivity index is 1.48. The van der Waals surface area contributed by atoms with Crippen LogP contribution in [-0.4, -0.2) is 37.9 Å².